The number of hydrogen-bond donors (Lipinski definition) is 5. The highest BCUT2D eigenvalue weighted by atomic mass is 32.2. The van der Waals surface area contributed by atoms with Crippen LogP contribution in [0.5, 0.6) is 0 Å². The molecule has 0 spiro atoms. The maximum absolute atomic E-state index is 14.8. The summed E-state index contributed by atoms with van der Waals surface area (Å²) in [5.74, 6) is -4.32. The lowest BCUT2D eigenvalue weighted by atomic mass is 10.0. The number of amides is 7. The number of hydrogen-bond acceptors (Lipinski definition) is 11. The van der Waals surface area contributed by atoms with Crippen LogP contribution in [0.25, 0.3) is 0 Å². The van der Waals surface area contributed by atoms with Gasteiger partial charge in [-0.15, -0.1) is 24.9 Å². The first kappa shape index (κ1) is 53.9. The van der Waals surface area contributed by atoms with E-state index in [1.807, 2.05) is 44.2 Å². The molecule has 2 bridgehead atoms. The molecule has 0 radical (unpaired) electrons. The number of benzene rings is 1. The molecule has 0 aliphatic carbocycles. The van der Waals surface area contributed by atoms with Crippen LogP contribution in [0.3, 0.4) is 0 Å². The van der Waals surface area contributed by atoms with Crippen molar-refractivity contribution in [3.63, 3.8) is 0 Å². The Labute approximate surface area is 406 Å². The fraction of sp³-hybridized carbons (Fsp3) is 0.640. The van der Waals surface area contributed by atoms with Crippen molar-refractivity contribution in [3.8, 4) is 0 Å². The van der Waals surface area contributed by atoms with E-state index in [0.29, 0.717) is 30.7 Å². The lowest BCUT2D eigenvalue weighted by Gasteiger charge is -2.35. The van der Waals surface area contributed by atoms with E-state index in [-0.39, 0.29) is 31.2 Å². The third kappa shape index (κ3) is 13.4. The summed E-state index contributed by atoms with van der Waals surface area (Å²) in [6.07, 6.45) is 3.05. The van der Waals surface area contributed by atoms with E-state index in [0.717, 1.165) is 5.56 Å². The van der Waals surface area contributed by atoms with Gasteiger partial charge in [0.05, 0.1) is 34.5 Å². The molecule has 1 aromatic rings. The molecule has 17 nitrogen and oxygen atoms in total. The Hall–Kier alpha value is -5.07. The zero-order valence-corrected chi connectivity index (χ0v) is 42.3. The number of aliphatic imine (C=N–C) groups is 1. The quantitative estimate of drug-likeness (QED) is 0.193. The molecule has 0 saturated carbocycles. The molecule has 68 heavy (non-hydrogen) atoms. The minimum atomic E-state index is -1.32. The summed E-state index contributed by atoms with van der Waals surface area (Å²) < 4.78 is 12.6. The van der Waals surface area contributed by atoms with Crippen molar-refractivity contribution in [3.05, 3.63) is 61.2 Å². The largest absolute Gasteiger partial charge is 0.366 e. The van der Waals surface area contributed by atoms with Gasteiger partial charge in [-0.3, -0.25) is 38.6 Å². The van der Waals surface area contributed by atoms with Gasteiger partial charge in [-0.2, -0.15) is 0 Å². The lowest BCUT2D eigenvalue weighted by Crippen LogP contribution is -2.62. The summed E-state index contributed by atoms with van der Waals surface area (Å²) in [6, 6.07) is 0.782. The molecular weight excluding hydrogens is 889 g/mol. The molecule has 5 rings (SSSR count). The number of thioether (sulfide) groups is 1. The van der Waals surface area contributed by atoms with E-state index in [4.69, 9.17) is 14.5 Å². The van der Waals surface area contributed by atoms with Crippen molar-refractivity contribution in [1.29, 1.82) is 0 Å². The fourth-order valence-corrected chi connectivity index (χ4v) is 10.3. The van der Waals surface area contributed by atoms with Crippen LogP contribution in [-0.4, -0.2) is 147 Å². The summed E-state index contributed by atoms with van der Waals surface area (Å²) in [5.41, 5.74) is -1.05. The van der Waals surface area contributed by atoms with Crippen LogP contribution in [0.4, 0.5) is 0 Å². The van der Waals surface area contributed by atoms with Gasteiger partial charge >= 0.3 is 0 Å². The Morgan fingerprint density at radius 3 is 1.60 bits per heavy atom. The monoisotopic (exact) mass is 963 g/mol. The number of nitrogens with one attached hydrogen (secondary N) is 5. The molecule has 2 saturated heterocycles. The highest BCUT2D eigenvalue weighted by Crippen LogP contribution is 2.27. The van der Waals surface area contributed by atoms with E-state index < -0.39 is 119 Å². The summed E-state index contributed by atoms with van der Waals surface area (Å²) in [4.78, 5) is 109. The third-order valence-electron chi connectivity index (χ3n) is 13.1. The van der Waals surface area contributed by atoms with Crippen LogP contribution < -0.4 is 26.6 Å². The van der Waals surface area contributed by atoms with Gasteiger partial charge in [0, 0.05) is 25.3 Å². The van der Waals surface area contributed by atoms with E-state index >= 15 is 0 Å². The van der Waals surface area contributed by atoms with Gasteiger partial charge in [0.1, 0.15) is 42.3 Å². The first-order valence-electron chi connectivity index (χ1n) is 24.0. The first-order chi connectivity index (χ1) is 32.0. The Morgan fingerprint density at radius 1 is 0.647 bits per heavy atom. The normalized spacial score (nSPS) is 28.4. The molecule has 7 amide bonds. The summed E-state index contributed by atoms with van der Waals surface area (Å²) in [5, 5.41) is 15.2. The van der Waals surface area contributed by atoms with Crippen LogP contribution >= 0.6 is 11.8 Å². The van der Waals surface area contributed by atoms with Crippen molar-refractivity contribution in [2.24, 2.45) is 16.8 Å². The van der Waals surface area contributed by atoms with E-state index in [1.54, 1.807) is 67.5 Å². The van der Waals surface area contributed by atoms with E-state index in [1.165, 1.54) is 21.6 Å². The van der Waals surface area contributed by atoms with Crippen LogP contribution in [0, 0.1) is 11.8 Å². The van der Waals surface area contributed by atoms with Crippen LogP contribution in [-0.2, 0) is 49.5 Å². The molecule has 2 fully saturated rings. The Bertz CT molecular complexity index is 2080. The molecule has 4 aliphatic heterocycles. The second-order valence-corrected chi connectivity index (χ2v) is 21.2. The molecule has 0 aromatic heterocycles. The van der Waals surface area contributed by atoms with Crippen molar-refractivity contribution in [1.82, 2.24) is 36.4 Å². The minimum absolute atomic E-state index is 0.0723. The van der Waals surface area contributed by atoms with Crippen molar-refractivity contribution in [2.45, 2.75) is 173 Å². The molecule has 5 N–H and O–H groups in total. The van der Waals surface area contributed by atoms with Crippen LogP contribution in [0.15, 0.2) is 60.6 Å². The average molecular weight is 963 g/mol. The number of rotatable bonds is 12. The SMILES string of the molecule is C=CC(C)(C)O[C@H](C)C1NC(=O)[C@@H]2CSC(=N2)[C@H](C(C)C)NC(=O)C([C@@H](C)OC(C)(C)C=C)NC(=O)[C@@H]2CCCN2C(=O)[C@H](C(C)C)NC(=O)[C@@H]2CCCN2C(=O)[C@H](Cc2ccccc2)NC1=O. The zero-order chi connectivity index (χ0) is 50.2. The van der Waals surface area contributed by atoms with Gasteiger partial charge in [-0.1, -0.05) is 70.2 Å². The fourth-order valence-electron chi connectivity index (χ4n) is 8.99. The zero-order valence-electron chi connectivity index (χ0n) is 41.5. The maximum Gasteiger partial charge on any atom is 0.246 e. The standard InChI is InChI=1S/C50H74N8O9S/c1-13-49(9,10)66-30(7)39-44(62)51-33(26-32-20-16-15-17-21-32)47(64)57-24-18-22-35(57)42(60)54-38(29(5)6)48(65)58-25-19-23-36(58)43(61)56-40(31(8)67-50(11,12)14-2)45(63)53-37(28(3)4)46-52-34(27-68-46)41(59)55-39/h13-17,20-21,28-31,33-40H,1-2,18-19,22-27H2,3-12H3,(H,51,62)(H,53,63)(H,54,60)(H,55,59)(H,56,61)/t30-,31-,33+,34+,35+,36+,37+,38+,39?,40?/m1/s1. The van der Waals surface area contributed by atoms with E-state index in [2.05, 4.69) is 39.7 Å². The van der Waals surface area contributed by atoms with Gasteiger partial charge < -0.3 is 45.9 Å². The van der Waals surface area contributed by atoms with Crippen molar-refractivity contribution >= 4 is 58.2 Å². The lowest BCUT2D eigenvalue weighted by molar-refractivity contribution is -0.146. The molecule has 10 atom stereocenters. The van der Waals surface area contributed by atoms with E-state index in [9.17, 15) is 33.6 Å². The first-order valence-corrected chi connectivity index (χ1v) is 25.0. The maximum atomic E-state index is 14.8. The molecular formula is C50H74N8O9S. The Kier molecular flexibility index (Phi) is 18.2. The van der Waals surface area contributed by atoms with Crippen LogP contribution in [0.1, 0.15) is 100 Å². The summed E-state index contributed by atoms with van der Waals surface area (Å²) in [6.45, 7) is 26.0. The number of fused-ring (bicyclic) bond motifs is 3. The number of carbonyl (C=O) groups is 7. The molecule has 2 unspecified atom stereocenters. The predicted molar refractivity (Wildman–Crippen MR) is 262 cm³/mol. The van der Waals surface area contributed by atoms with Gasteiger partial charge in [-0.25, -0.2) is 0 Å². The second-order valence-electron chi connectivity index (χ2n) is 20.1. The van der Waals surface area contributed by atoms with Gasteiger partial charge in [0.2, 0.25) is 41.4 Å². The average Bonchev–Trinajstić information content (AvgIpc) is 4.09. The van der Waals surface area contributed by atoms with Crippen molar-refractivity contribution in [2.75, 3.05) is 18.8 Å². The topological polar surface area (TPSA) is 217 Å². The Balaban J connectivity index is 1.60. The molecule has 374 valence electrons. The van der Waals surface area contributed by atoms with Crippen molar-refractivity contribution < 1.29 is 43.0 Å². The summed E-state index contributed by atoms with van der Waals surface area (Å²) >= 11 is 1.30. The van der Waals surface area contributed by atoms with Gasteiger partial charge in [-0.05, 0) is 84.6 Å². The second kappa shape index (κ2) is 23.0. The molecule has 1 aromatic carbocycles. The van der Waals surface area contributed by atoms with Gasteiger partial charge in [0.25, 0.3) is 0 Å². The highest BCUT2D eigenvalue weighted by Gasteiger charge is 2.45. The number of carbonyl (C=O) groups excluding carboxylic acids is 7. The van der Waals surface area contributed by atoms with Gasteiger partial charge in [0.15, 0.2) is 0 Å². The molecule has 18 heteroatoms. The highest BCUT2D eigenvalue weighted by molar-refractivity contribution is 8.14. The minimum Gasteiger partial charge on any atom is -0.366 e. The molecule has 4 heterocycles. The third-order valence-corrected chi connectivity index (χ3v) is 14.2. The molecule has 4 aliphatic rings. The Morgan fingerprint density at radius 2 is 1.10 bits per heavy atom. The predicted octanol–water partition coefficient (Wildman–Crippen LogP) is 3.21. The summed E-state index contributed by atoms with van der Waals surface area (Å²) in [7, 11) is 0. The number of nitrogens with zero attached hydrogens (tertiary/aromatic N) is 3. The number of ether oxygens (including phenoxy) is 2. The smallest absolute Gasteiger partial charge is 0.246 e. The van der Waals surface area contributed by atoms with Crippen LogP contribution in [0.2, 0.25) is 0 Å².